The lowest BCUT2D eigenvalue weighted by Gasteiger charge is -2.21. The average Bonchev–Trinajstić information content (AvgIpc) is 2.38. The molecule has 0 aliphatic carbocycles. The largest absolute Gasteiger partial charge is 0.399 e. The van der Waals surface area contributed by atoms with Gasteiger partial charge < -0.3 is 11.1 Å². The van der Waals surface area contributed by atoms with Crippen molar-refractivity contribution in [2.75, 3.05) is 17.2 Å². The average molecular weight is 262 g/mol. The highest BCUT2D eigenvalue weighted by Gasteiger charge is 2.14. The van der Waals surface area contributed by atoms with Gasteiger partial charge in [0, 0.05) is 17.8 Å². The van der Waals surface area contributed by atoms with E-state index in [2.05, 4.69) is 5.32 Å². The SMILES string of the molecule is Nc1cccc(/C=C/C(=O)NC2CCSCC2)c1. The Morgan fingerprint density at radius 1 is 1.39 bits per heavy atom. The second-order valence-corrected chi connectivity index (χ2v) is 5.62. The predicted molar refractivity (Wildman–Crippen MR) is 78.4 cm³/mol. The van der Waals surface area contributed by atoms with Crippen molar-refractivity contribution in [3.63, 3.8) is 0 Å². The quantitative estimate of drug-likeness (QED) is 0.649. The van der Waals surface area contributed by atoms with Gasteiger partial charge in [-0.3, -0.25) is 4.79 Å². The maximum absolute atomic E-state index is 11.7. The highest BCUT2D eigenvalue weighted by atomic mass is 32.2. The molecule has 1 aromatic carbocycles. The van der Waals surface area contributed by atoms with Gasteiger partial charge in [-0.2, -0.15) is 11.8 Å². The molecule has 1 amide bonds. The Morgan fingerprint density at radius 3 is 2.89 bits per heavy atom. The van der Waals surface area contributed by atoms with Gasteiger partial charge in [0.25, 0.3) is 0 Å². The maximum Gasteiger partial charge on any atom is 0.244 e. The number of hydrogen-bond donors (Lipinski definition) is 2. The zero-order chi connectivity index (χ0) is 12.8. The number of carbonyl (C=O) groups is 1. The van der Waals surface area contributed by atoms with E-state index in [4.69, 9.17) is 5.73 Å². The van der Waals surface area contributed by atoms with Crippen LogP contribution in [0, 0.1) is 0 Å². The molecule has 3 N–H and O–H groups in total. The summed E-state index contributed by atoms with van der Waals surface area (Å²) in [5.41, 5.74) is 7.34. The molecular weight excluding hydrogens is 244 g/mol. The van der Waals surface area contributed by atoms with Gasteiger partial charge in [-0.05, 0) is 48.1 Å². The van der Waals surface area contributed by atoms with E-state index in [1.807, 2.05) is 36.0 Å². The summed E-state index contributed by atoms with van der Waals surface area (Å²) in [4.78, 5) is 11.7. The van der Waals surface area contributed by atoms with E-state index in [-0.39, 0.29) is 5.91 Å². The van der Waals surface area contributed by atoms with Crippen molar-refractivity contribution in [1.82, 2.24) is 5.32 Å². The molecule has 0 unspecified atom stereocenters. The van der Waals surface area contributed by atoms with Crippen molar-refractivity contribution in [2.24, 2.45) is 0 Å². The third-order valence-electron chi connectivity index (χ3n) is 2.91. The van der Waals surface area contributed by atoms with Crippen LogP contribution in [-0.4, -0.2) is 23.5 Å². The van der Waals surface area contributed by atoms with E-state index < -0.39 is 0 Å². The van der Waals surface area contributed by atoms with Crippen molar-refractivity contribution in [1.29, 1.82) is 0 Å². The van der Waals surface area contributed by atoms with Gasteiger partial charge in [0.05, 0.1) is 0 Å². The summed E-state index contributed by atoms with van der Waals surface area (Å²) in [5, 5.41) is 3.03. The first-order valence-electron chi connectivity index (χ1n) is 6.16. The molecule has 0 radical (unpaired) electrons. The Balaban J connectivity index is 1.86. The van der Waals surface area contributed by atoms with E-state index >= 15 is 0 Å². The zero-order valence-corrected chi connectivity index (χ0v) is 11.1. The molecule has 1 aliphatic rings. The standard InChI is InChI=1S/C14H18N2OS/c15-12-3-1-2-11(10-12)4-5-14(17)16-13-6-8-18-9-7-13/h1-5,10,13H,6-9,15H2,(H,16,17)/b5-4+. The van der Waals surface area contributed by atoms with Crippen LogP contribution in [0.15, 0.2) is 30.3 Å². The van der Waals surface area contributed by atoms with Gasteiger partial charge in [0.1, 0.15) is 0 Å². The monoisotopic (exact) mass is 262 g/mol. The Kier molecular flexibility index (Phi) is 4.70. The van der Waals surface area contributed by atoms with Crippen LogP contribution in [0.5, 0.6) is 0 Å². The van der Waals surface area contributed by atoms with Crippen LogP contribution in [0.3, 0.4) is 0 Å². The second-order valence-electron chi connectivity index (χ2n) is 4.40. The van der Waals surface area contributed by atoms with Gasteiger partial charge in [-0.1, -0.05) is 12.1 Å². The number of nitrogens with two attached hydrogens (primary N) is 1. The molecular formula is C14H18N2OS. The van der Waals surface area contributed by atoms with E-state index in [0.29, 0.717) is 11.7 Å². The van der Waals surface area contributed by atoms with E-state index in [1.54, 1.807) is 12.2 Å². The van der Waals surface area contributed by atoms with Crippen LogP contribution >= 0.6 is 11.8 Å². The molecule has 3 nitrogen and oxygen atoms in total. The topological polar surface area (TPSA) is 55.1 Å². The van der Waals surface area contributed by atoms with Crippen molar-refractivity contribution in [3.8, 4) is 0 Å². The van der Waals surface area contributed by atoms with Crippen molar-refractivity contribution in [2.45, 2.75) is 18.9 Å². The minimum atomic E-state index is -0.0191. The van der Waals surface area contributed by atoms with Gasteiger partial charge in [0.2, 0.25) is 5.91 Å². The summed E-state index contributed by atoms with van der Waals surface area (Å²) < 4.78 is 0. The Hall–Kier alpha value is -1.42. The molecule has 1 fully saturated rings. The minimum Gasteiger partial charge on any atom is -0.399 e. The van der Waals surface area contributed by atoms with Gasteiger partial charge in [0.15, 0.2) is 0 Å². The number of carbonyl (C=O) groups excluding carboxylic acids is 1. The zero-order valence-electron chi connectivity index (χ0n) is 10.3. The summed E-state index contributed by atoms with van der Waals surface area (Å²) in [6.07, 6.45) is 5.52. The van der Waals surface area contributed by atoms with Crippen LogP contribution in [0.25, 0.3) is 6.08 Å². The van der Waals surface area contributed by atoms with Crippen molar-refractivity contribution >= 4 is 29.4 Å². The molecule has 0 spiro atoms. The van der Waals surface area contributed by atoms with E-state index in [0.717, 1.165) is 29.9 Å². The lowest BCUT2D eigenvalue weighted by atomic mass is 10.1. The van der Waals surface area contributed by atoms with Crippen LogP contribution in [0.2, 0.25) is 0 Å². The number of thioether (sulfide) groups is 1. The van der Waals surface area contributed by atoms with Crippen LogP contribution in [0.1, 0.15) is 18.4 Å². The molecule has 0 atom stereocenters. The third kappa shape index (κ3) is 4.11. The molecule has 18 heavy (non-hydrogen) atoms. The van der Waals surface area contributed by atoms with Crippen molar-refractivity contribution in [3.05, 3.63) is 35.9 Å². The number of amides is 1. The number of hydrogen-bond acceptors (Lipinski definition) is 3. The summed E-state index contributed by atoms with van der Waals surface area (Å²) in [7, 11) is 0. The second kappa shape index (κ2) is 6.50. The first kappa shape index (κ1) is 13.0. The first-order valence-corrected chi connectivity index (χ1v) is 7.31. The number of anilines is 1. The molecule has 0 saturated carbocycles. The summed E-state index contributed by atoms with van der Waals surface area (Å²) in [6.45, 7) is 0. The molecule has 0 aromatic heterocycles. The number of rotatable bonds is 3. The fourth-order valence-corrected chi connectivity index (χ4v) is 3.03. The summed E-state index contributed by atoms with van der Waals surface area (Å²) >= 11 is 1.95. The van der Waals surface area contributed by atoms with E-state index in [9.17, 15) is 4.79 Å². The Labute approximate surface area is 112 Å². The molecule has 1 heterocycles. The molecule has 96 valence electrons. The molecule has 4 heteroatoms. The lowest BCUT2D eigenvalue weighted by molar-refractivity contribution is -0.117. The molecule has 1 saturated heterocycles. The third-order valence-corrected chi connectivity index (χ3v) is 3.95. The maximum atomic E-state index is 11.7. The molecule has 0 bridgehead atoms. The molecule has 1 aromatic rings. The first-order chi connectivity index (χ1) is 8.74. The lowest BCUT2D eigenvalue weighted by Crippen LogP contribution is -2.36. The fourth-order valence-electron chi connectivity index (χ4n) is 1.93. The van der Waals surface area contributed by atoms with Crippen LogP contribution < -0.4 is 11.1 Å². The number of nitrogen functional groups attached to an aromatic ring is 1. The highest BCUT2D eigenvalue weighted by Crippen LogP contribution is 2.16. The van der Waals surface area contributed by atoms with Crippen LogP contribution in [0.4, 0.5) is 5.69 Å². The normalized spacial score (nSPS) is 16.9. The predicted octanol–water partition coefficient (Wildman–Crippen LogP) is 2.29. The van der Waals surface area contributed by atoms with E-state index in [1.165, 1.54) is 0 Å². The minimum absolute atomic E-state index is 0.0191. The summed E-state index contributed by atoms with van der Waals surface area (Å²) in [6, 6.07) is 7.82. The number of benzene rings is 1. The van der Waals surface area contributed by atoms with Crippen molar-refractivity contribution < 1.29 is 4.79 Å². The Bertz CT molecular complexity index is 439. The highest BCUT2D eigenvalue weighted by molar-refractivity contribution is 7.99. The fraction of sp³-hybridized carbons (Fsp3) is 0.357. The van der Waals surface area contributed by atoms with Crippen LogP contribution in [-0.2, 0) is 4.79 Å². The van der Waals surface area contributed by atoms with Gasteiger partial charge >= 0.3 is 0 Å². The van der Waals surface area contributed by atoms with Gasteiger partial charge in [-0.25, -0.2) is 0 Å². The number of nitrogens with one attached hydrogen (secondary N) is 1. The van der Waals surface area contributed by atoms with Gasteiger partial charge in [-0.15, -0.1) is 0 Å². The smallest absolute Gasteiger partial charge is 0.244 e. The Morgan fingerprint density at radius 2 is 2.17 bits per heavy atom. The molecule has 1 aliphatic heterocycles. The summed E-state index contributed by atoms with van der Waals surface area (Å²) in [5.74, 6) is 2.27. The molecule has 2 rings (SSSR count).